The summed E-state index contributed by atoms with van der Waals surface area (Å²) >= 11 is 0. The van der Waals surface area contributed by atoms with Gasteiger partial charge < -0.3 is 5.73 Å². The fourth-order valence-electron chi connectivity index (χ4n) is 1.43. The molecule has 0 bridgehead atoms. The summed E-state index contributed by atoms with van der Waals surface area (Å²) in [6, 6.07) is 5.95. The lowest BCUT2D eigenvalue weighted by Gasteiger charge is -2.13. The van der Waals surface area contributed by atoms with E-state index < -0.39 is 0 Å². The lowest BCUT2D eigenvalue weighted by Crippen LogP contribution is -2.12. The van der Waals surface area contributed by atoms with E-state index in [-0.39, 0.29) is 12.7 Å². The van der Waals surface area contributed by atoms with Crippen LogP contribution >= 0.6 is 0 Å². The molecule has 13 heavy (non-hydrogen) atoms. The number of benzene rings is 1. The van der Waals surface area contributed by atoms with Gasteiger partial charge >= 0.3 is 0 Å². The van der Waals surface area contributed by atoms with Crippen LogP contribution in [0.5, 0.6) is 0 Å². The maximum absolute atomic E-state index is 12.1. The van der Waals surface area contributed by atoms with Crippen molar-refractivity contribution in [1.29, 1.82) is 0 Å². The van der Waals surface area contributed by atoms with Crippen LogP contribution in [0.3, 0.4) is 0 Å². The zero-order valence-corrected chi connectivity index (χ0v) is 8.18. The monoisotopic (exact) mass is 181 g/mol. The fraction of sp³-hybridized carbons (Fsp3) is 0.455. The zero-order valence-electron chi connectivity index (χ0n) is 8.18. The molecule has 0 spiro atoms. The van der Waals surface area contributed by atoms with Crippen molar-refractivity contribution in [2.75, 3.05) is 6.67 Å². The number of rotatable bonds is 3. The van der Waals surface area contributed by atoms with E-state index in [0.29, 0.717) is 6.42 Å². The van der Waals surface area contributed by atoms with Crippen molar-refractivity contribution in [2.24, 2.45) is 5.73 Å². The molecule has 0 radical (unpaired) electrons. The minimum atomic E-state index is -0.353. The van der Waals surface area contributed by atoms with Crippen LogP contribution in [0.1, 0.15) is 29.2 Å². The second kappa shape index (κ2) is 4.38. The second-order valence-electron chi connectivity index (χ2n) is 3.44. The van der Waals surface area contributed by atoms with Gasteiger partial charge in [-0.15, -0.1) is 0 Å². The lowest BCUT2D eigenvalue weighted by atomic mass is 9.98. The number of nitrogens with two attached hydrogens (primary N) is 1. The third-order valence-electron chi connectivity index (χ3n) is 2.25. The first kappa shape index (κ1) is 10.2. The topological polar surface area (TPSA) is 26.0 Å². The molecule has 1 nitrogen and oxygen atoms in total. The summed E-state index contributed by atoms with van der Waals surface area (Å²) in [7, 11) is 0. The Morgan fingerprint density at radius 3 is 2.69 bits per heavy atom. The molecule has 1 aromatic carbocycles. The first-order chi connectivity index (χ1) is 6.15. The minimum Gasteiger partial charge on any atom is -0.324 e. The van der Waals surface area contributed by atoms with Crippen LogP contribution in [0.4, 0.5) is 4.39 Å². The van der Waals surface area contributed by atoms with E-state index in [9.17, 15) is 4.39 Å². The van der Waals surface area contributed by atoms with Crippen molar-refractivity contribution in [1.82, 2.24) is 0 Å². The Balaban J connectivity index is 2.91. The maximum atomic E-state index is 12.1. The predicted molar refractivity (Wildman–Crippen MR) is 53.4 cm³/mol. The van der Waals surface area contributed by atoms with Gasteiger partial charge in [0.25, 0.3) is 0 Å². The minimum absolute atomic E-state index is 0.162. The number of hydrogen-bond acceptors (Lipinski definition) is 1. The molecule has 1 atom stereocenters. The Kier molecular flexibility index (Phi) is 3.43. The SMILES string of the molecule is Cc1ccc(C)c([C@@H](N)CCF)c1. The number of alkyl halides is 1. The highest BCUT2D eigenvalue weighted by atomic mass is 19.1. The van der Waals surface area contributed by atoms with Gasteiger partial charge in [-0.25, -0.2) is 0 Å². The summed E-state index contributed by atoms with van der Waals surface area (Å²) in [6.07, 6.45) is 0.407. The number of hydrogen-bond donors (Lipinski definition) is 1. The van der Waals surface area contributed by atoms with E-state index in [2.05, 4.69) is 0 Å². The molecule has 1 aromatic rings. The molecule has 2 N–H and O–H groups in total. The Hall–Kier alpha value is -0.890. The average Bonchev–Trinajstić information content (AvgIpc) is 2.09. The maximum Gasteiger partial charge on any atom is 0.0912 e. The molecular weight excluding hydrogens is 165 g/mol. The summed E-state index contributed by atoms with van der Waals surface area (Å²) in [5.41, 5.74) is 9.22. The summed E-state index contributed by atoms with van der Waals surface area (Å²) in [5.74, 6) is 0. The van der Waals surface area contributed by atoms with Gasteiger partial charge in [-0.05, 0) is 31.4 Å². The average molecular weight is 181 g/mol. The van der Waals surface area contributed by atoms with Crippen LogP contribution in [0, 0.1) is 13.8 Å². The lowest BCUT2D eigenvalue weighted by molar-refractivity contribution is 0.441. The molecule has 0 amide bonds. The highest BCUT2D eigenvalue weighted by molar-refractivity contribution is 5.32. The Bertz CT molecular complexity index is 283. The highest BCUT2D eigenvalue weighted by Gasteiger charge is 2.08. The normalized spacial score (nSPS) is 12.9. The van der Waals surface area contributed by atoms with E-state index >= 15 is 0 Å². The molecule has 0 fully saturated rings. The summed E-state index contributed by atoms with van der Waals surface area (Å²) in [4.78, 5) is 0. The first-order valence-corrected chi connectivity index (χ1v) is 4.54. The first-order valence-electron chi connectivity index (χ1n) is 4.54. The molecule has 0 aliphatic heterocycles. The van der Waals surface area contributed by atoms with Crippen molar-refractivity contribution in [3.63, 3.8) is 0 Å². The van der Waals surface area contributed by atoms with Crippen molar-refractivity contribution < 1.29 is 4.39 Å². The summed E-state index contributed by atoms with van der Waals surface area (Å²) in [5, 5.41) is 0. The van der Waals surface area contributed by atoms with Crippen LogP contribution in [-0.2, 0) is 0 Å². The zero-order chi connectivity index (χ0) is 9.84. The standard InChI is InChI=1S/C11H16FN/c1-8-3-4-9(2)10(7-8)11(13)5-6-12/h3-4,7,11H,5-6,13H2,1-2H3/t11-/m0/s1. The van der Waals surface area contributed by atoms with Gasteiger partial charge in [-0.2, -0.15) is 0 Å². The van der Waals surface area contributed by atoms with E-state index in [1.54, 1.807) is 0 Å². The molecule has 0 saturated heterocycles. The molecular formula is C11H16FN. The van der Waals surface area contributed by atoms with Gasteiger partial charge in [-0.3, -0.25) is 4.39 Å². The largest absolute Gasteiger partial charge is 0.324 e. The third kappa shape index (κ3) is 2.52. The van der Waals surface area contributed by atoms with Crippen LogP contribution in [0.25, 0.3) is 0 Å². The van der Waals surface area contributed by atoms with Gasteiger partial charge in [0.05, 0.1) is 6.67 Å². The molecule has 0 aliphatic rings. The van der Waals surface area contributed by atoms with Gasteiger partial charge in [0.1, 0.15) is 0 Å². The van der Waals surface area contributed by atoms with Crippen molar-refractivity contribution in [3.05, 3.63) is 34.9 Å². The van der Waals surface area contributed by atoms with Gasteiger partial charge in [-0.1, -0.05) is 23.8 Å². The predicted octanol–water partition coefficient (Wildman–Crippen LogP) is 2.66. The quantitative estimate of drug-likeness (QED) is 0.762. The van der Waals surface area contributed by atoms with E-state index in [4.69, 9.17) is 5.73 Å². The van der Waals surface area contributed by atoms with Gasteiger partial charge in [0.15, 0.2) is 0 Å². The van der Waals surface area contributed by atoms with Crippen LogP contribution in [0.2, 0.25) is 0 Å². The smallest absolute Gasteiger partial charge is 0.0912 e. The molecule has 2 heteroatoms. The number of halogens is 1. The van der Waals surface area contributed by atoms with E-state index in [1.165, 1.54) is 5.56 Å². The Morgan fingerprint density at radius 1 is 1.38 bits per heavy atom. The van der Waals surface area contributed by atoms with Crippen LogP contribution in [0.15, 0.2) is 18.2 Å². The van der Waals surface area contributed by atoms with E-state index in [0.717, 1.165) is 11.1 Å². The highest BCUT2D eigenvalue weighted by Crippen LogP contribution is 2.19. The fourth-order valence-corrected chi connectivity index (χ4v) is 1.43. The van der Waals surface area contributed by atoms with E-state index in [1.807, 2.05) is 32.0 Å². The molecule has 0 unspecified atom stereocenters. The number of aryl methyl sites for hydroxylation is 2. The Labute approximate surface area is 78.8 Å². The molecule has 72 valence electrons. The summed E-state index contributed by atoms with van der Waals surface area (Å²) in [6.45, 7) is 3.67. The van der Waals surface area contributed by atoms with Crippen LogP contribution < -0.4 is 5.73 Å². The Morgan fingerprint density at radius 2 is 2.08 bits per heavy atom. The molecule has 0 saturated carbocycles. The molecule has 0 heterocycles. The summed E-state index contributed by atoms with van der Waals surface area (Å²) < 4.78 is 12.1. The molecule has 0 aromatic heterocycles. The van der Waals surface area contributed by atoms with Crippen molar-refractivity contribution in [2.45, 2.75) is 26.3 Å². The molecule has 1 rings (SSSR count). The third-order valence-corrected chi connectivity index (χ3v) is 2.25. The second-order valence-corrected chi connectivity index (χ2v) is 3.44. The van der Waals surface area contributed by atoms with Crippen LogP contribution in [-0.4, -0.2) is 6.67 Å². The molecule has 0 aliphatic carbocycles. The van der Waals surface area contributed by atoms with Crippen molar-refractivity contribution >= 4 is 0 Å². The van der Waals surface area contributed by atoms with Gasteiger partial charge in [0.2, 0.25) is 0 Å². The van der Waals surface area contributed by atoms with Gasteiger partial charge in [0, 0.05) is 6.04 Å². The van der Waals surface area contributed by atoms with Crippen molar-refractivity contribution in [3.8, 4) is 0 Å².